The molecule has 0 fully saturated rings. The normalized spacial score (nSPS) is 10.7. The topological polar surface area (TPSA) is 33.6 Å². The van der Waals surface area contributed by atoms with Crippen molar-refractivity contribution in [3.05, 3.63) is 95.8 Å². The second kappa shape index (κ2) is 7.92. The summed E-state index contributed by atoms with van der Waals surface area (Å²) in [6, 6.07) is 23.7. The van der Waals surface area contributed by atoms with E-state index < -0.39 is 0 Å². The highest BCUT2D eigenvalue weighted by Gasteiger charge is 2.02. The average Bonchev–Trinajstić information content (AvgIpc) is 2.62. The van der Waals surface area contributed by atoms with E-state index in [4.69, 9.17) is 4.74 Å². The maximum atomic E-state index is 13.2. The zero-order valence-corrected chi connectivity index (χ0v) is 13.0. The van der Waals surface area contributed by atoms with Gasteiger partial charge in [-0.05, 0) is 42.0 Å². The first-order chi connectivity index (χ1) is 11.8. The predicted octanol–water partition coefficient (Wildman–Crippen LogP) is 4.85. The Morgan fingerprint density at radius 3 is 2.54 bits per heavy atom. The molecule has 3 aromatic rings. The van der Waals surface area contributed by atoms with E-state index in [0.717, 1.165) is 16.8 Å². The van der Waals surface area contributed by atoms with Gasteiger partial charge < -0.3 is 4.74 Å². The number of rotatable bonds is 6. The Bertz CT molecular complexity index is 819. The number of nitrogens with zero attached hydrogens (tertiary/aromatic N) is 1. The summed E-state index contributed by atoms with van der Waals surface area (Å²) in [4.78, 5) is 0. The first-order valence-electron chi connectivity index (χ1n) is 7.62. The molecule has 0 unspecified atom stereocenters. The monoisotopic (exact) mass is 320 g/mol. The molecule has 4 heteroatoms. The van der Waals surface area contributed by atoms with Gasteiger partial charge in [-0.15, -0.1) is 0 Å². The summed E-state index contributed by atoms with van der Waals surface area (Å²) in [5.74, 6) is 0.429. The second-order valence-corrected chi connectivity index (χ2v) is 5.19. The van der Waals surface area contributed by atoms with Crippen LogP contribution < -0.4 is 10.2 Å². The molecule has 0 atom stereocenters. The summed E-state index contributed by atoms with van der Waals surface area (Å²) < 4.78 is 19.0. The maximum absolute atomic E-state index is 13.2. The largest absolute Gasteiger partial charge is 0.488 e. The van der Waals surface area contributed by atoms with Crippen molar-refractivity contribution in [3.63, 3.8) is 0 Å². The third-order valence-electron chi connectivity index (χ3n) is 3.37. The maximum Gasteiger partial charge on any atom is 0.128 e. The molecule has 0 spiro atoms. The molecule has 0 saturated carbocycles. The third kappa shape index (κ3) is 4.43. The highest BCUT2D eigenvalue weighted by atomic mass is 19.1. The molecule has 0 amide bonds. The molecule has 120 valence electrons. The highest BCUT2D eigenvalue weighted by molar-refractivity contribution is 5.83. The van der Waals surface area contributed by atoms with Crippen LogP contribution in [0.5, 0.6) is 5.75 Å². The number of benzene rings is 3. The Labute approximate surface area is 140 Å². The van der Waals surface area contributed by atoms with Crippen molar-refractivity contribution in [3.8, 4) is 5.75 Å². The minimum atomic E-state index is -0.266. The van der Waals surface area contributed by atoms with Crippen LogP contribution in [0.2, 0.25) is 0 Å². The van der Waals surface area contributed by atoms with Crippen molar-refractivity contribution in [2.24, 2.45) is 5.10 Å². The number of hydrogen-bond donors (Lipinski definition) is 1. The lowest BCUT2D eigenvalue weighted by atomic mass is 10.2. The first kappa shape index (κ1) is 15.7. The Balaban J connectivity index is 1.66. The van der Waals surface area contributed by atoms with Gasteiger partial charge in [-0.2, -0.15) is 5.10 Å². The highest BCUT2D eigenvalue weighted by Crippen LogP contribution is 2.18. The minimum Gasteiger partial charge on any atom is -0.488 e. The summed E-state index contributed by atoms with van der Waals surface area (Å²) >= 11 is 0. The molecule has 0 bridgehead atoms. The fraction of sp³-hybridized carbons (Fsp3) is 0.0500. The van der Waals surface area contributed by atoms with Crippen molar-refractivity contribution >= 4 is 11.9 Å². The zero-order valence-electron chi connectivity index (χ0n) is 13.0. The molecule has 0 radical (unpaired) electrons. The zero-order chi connectivity index (χ0) is 16.6. The van der Waals surface area contributed by atoms with Crippen LogP contribution in [0.25, 0.3) is 0 Å². The van der Waals surface area contributed by atoms with Crippen molar-refractivity contribution in [1.82, 2.24) is 0 Å². The number of hydrogen-bond acceptors (Lipinski definition) is 3. The Kier molecular flexibility index (Phi) is 5.20. The molecular formula is C20H17FN2O. The van der Waals surface area contributed by atoms with Crippen LogP contribution in [0, 0.1) is 5.82 Å². The summed E-state index contributed by atoms with van der Waals surface area (Å²) in [5.41, 5.74) is 5.50. The smallest absolute Gasteiger partial charge is 0.128 e. The molecule has 1 N–H and O–H groups in total. The molecule has 0 aliphatic carbocycles. The van der Waals surface area contributed by atoms with E-state index in [1.54, 1.807) is 12.3 Å². The van der Waals surface area contributed by atoms with Gasteiger partial charge in [0.1, 0.15) is 18.2 Å². The molecule has 3 rings (SSSR count). The van der Waals surface area contributed by atoms with Gasteiger partial charge in [-0.25, -0.2) is 4.39 Å². The lowest BCUT2D eigenvalue weighted by Crippen LogP contribution is -1.99. The van der Waals surface area contributed by atoms with E-state index in [1.807, 2.05) is 60.7 Å². The van der Waals surface area contributed by atoms with E-state index in [1.165, 1.54) is 12.1 Å². The Morgan fingerprint density at radius 2 is 1.71 bits per heavy atom. The van der Waals surface area contributed by atoms with Crippen LogP contribution in [0.3, 0.4) is 0 Å². The van der Waals surface area contributed by atoms with Crippen LogP contribution >= 0.6 is 0 Å². The van der Waals surface area contributed by atoms with Crippen LogP contribution in [-0.2, 0) is 6.61 Å². The molecule has 3 aromatic carbocycles. The van der Waals surface area contributed by atoms with E-state index in [0.29, 0.717) is 12.4 Å². The van der Waals surface area contributed by atoms with E-state index in [2.05, 4.69) is 10.5 Å². The SMILES string of the molecule is Fc1cccc(COc2ccccc2C=NNc2ccccc2)c1. The molecule has 24 heavy (non-hydrogen) atoms. The molecule has 0 aliphatic heterocycles. The number of hydrazone groups is 1. The Hall–Kier alpha value is -3.14. The lowest BCUT2D eigenvalue weighted by Gasteiger charge is -2.09. The van der Waals surface area contributed by atoms with Crippen molar-refractivity contribution < 1.29 is 9.13 Å². The summed E-state index contributed by atoms with van der Waals surface area (Å²) in [6.45, 7) is 0.300. The van der Waals surface area contributed by atoms with Gasteiger partial charge in [0.25, 0.3) is 0 Å². The van der Waals surface area contributed by atoms with Crippen LogP contribution in [0.15, 0.2) is 84.0 Å². The molecule has 0 saturated heterocycles. The van der Waals surface area contributed by atoms with E-state index >= 15 is 0 Å². The molecule has 0 heterocycles. The summed E-state index contributed by atoms with van der Waals surface area (Å²) in [5, 5.41) is 4.23. The van der Waals surface area contributed by atoms with Crippen molar-refractivity contribution in [2.75, 3.05) is 5.43 Å². The van der Waals surface area contributed by atoms with Gasteiger partial charge in [0.05, 0.1) is 11.9 Å². The molecule has 3 nitrogen and oxygen atoms in total. The predicted molar refractivity (Wildman–Crippen MR) is 94.8 cm³/mol. The van der Waals surface area contributed by atoms with Crippen LogP contribution in [-0.4, -0.2) is 6.21 Å². The van der Waals surface area contributed by atoms with Crippen LogP contribution in [0.4, 0.5) is 10.1 Å². The lowest BCUT2D eigenvalue weighted by molar-refractivity contribution is 0.305. The summed E-state index contributed by atoms with van der Waals surface area (Å²) in [6.07, 6.45) is 1.70. The average molecular weight is 320 g/mol. The van der Waals surface area contributed by atoms with Gasteiger partial charge in [0.2, 0.25) is 0 Å². The first-order valence-corrected chi connectivity index (χ1v) is 7.62. The third-order valence-corrected chi connectivity index (χ3v) is 3.37. The van der Waals surface area contributed by atoms with Gasteiger partial charge in [0, 0.05) is 5.56 Å². The minimum absolute atomic E-state index is 0.266. The fourth-order valence-corrected chi connectivity index (χ4v) is 2.20. The molecular weight excluding hydrogens is 303 g/mol. The number of halogens is 1. The second-order valence-electron chi connectivity index (χ2n) is 5.19. The number of para-hydroxylation sites is 2. The van der Waals surface area contributed by atoms with Gasteiger partial charge in [-0.3, -0.25) is 5.43 Å². The van der Waals surface area contributed by atoms with Gasteiger partial charge in [0.15, 0.2) is 0 Å². The summed E-state index contributed by atoms with van der Waals surface area (Å²) in [7, 11) is 0. The molecule has 0 aliphatic rings. The Morgan fingerprint density at radius 1 is 0.917 bits per heavy atom. The standard InChI is InChI=1S/C20H17FN2O/c21-18-9-6-7-16(13-18)15-24-20-12-5-4-8-17(20)14-22-23-19-10-2-1-3-11-19/h1-14,23H,15H2. The van der Waals surface area contributed by atoms with Crippen molar-refractivity contribution in [1.29, 1.82) is 0 Å². The number of ether oxygens (including phenoxy) is 1. The quantitative estimate of drug-likeness (QED) is 0.520. The van der Waals surface area contributed by atoms with E-state index in [-0.39, 0.29) is 5.82 Å². The number of anilines is 1. The number of nitrogens with one attached hydrogen (secondary N) is 1. The molecule has 0 aromatic heterocycles. The van der Waals surface area contributed by atoms with Crippen LogP contribution in [0.1, 0.15) is 11.1 Å². The van der Waals surface area contributed by atoms with E-state index in [9.17, 15) is 4.39 Å². The van der Waals surface area contributed by atoms with Gasteiger partial charge >= 0.3 is 0 Å². The fourth-order valence-electron chi connectivity index (χ4n) is 2.20. The van der Waals surface area contributed by atoms with Gasteiger partial charge in [-0.1, -0.05) is 42.5 Å². The van der Waals surface area contributed by atoms with Crippen molar-refractivity contribution in [2.45, 2.75) is 6.61 Å².